The number of methoxy groups -OCH3 is 1. The van der Waals surface area contributed by atoms with Gasteiger partial charge in [-0.2, -0.15) is 0 Å². The van der Waals surface area contributed by atoms with Crippen LogP contribution in [0.25, 0.3) is 0 Å². The first-order chi connectivity index (χ1) is 13.3. The monoisotopic (exact) mass is 403 g/mol. The summed E-state index contributed by atoms with van der Waals surface area (Å²) in [7, 11) is -1.99. The minimum absolute atomic E-state index is 0.0908. The van der Waals surface area contributed by atoms with Gasteiger partial charge in [0.05, 0.1) is 30.1 Å². The molecule has 1 heterocycles. The molecule has 0 amide bonds. The zero-order valence-corrected chi connectivity index (χ0v) is 17.6. The van der Waals surface area contributed by atoms with E-state index in [-0.39, 0.29) is 22.7 Å². The molecule has 1 aliphatic heterocycles. The van der Waals surface area contributed by atoms with Crippen LogP contribution < -0.4 is 9.64 Å². The van der Waals surface area contributed by atoms with Crippen molar-refractivity contribution in [2.75, 3.05) is 24.3 Å². The summed E-state index contributed by atoms with van der Waals surface area (Å²) in [6, 6.07) is 13.2. The summed E-state index contributed by atoms with van der Waals surface area (Å²) in [6.45, 7) is 4.51. The summed E-state index contributed by atoms with van der Waals surface area (Å²) in [5.41, 5.74) is 1.66. The molecule has 0 aromatic heterocycles. The Hall–Kier alpha value is -2.05. The van der Waals surface area contributed by atoms with Crippen LogP contribution in [0.1, 0.15) is 38.7 Å². The van der Waals surface area contributed by atoms with E-state index in [1.165, 1.54) is 7.11 Å². The Bertz CT molecular complexity index is 927. The minimum atomic E-state index is -3.52. The SMILES string of the molecule is CCCCC1(C)CN(c2ccccc2)c2cc(OC)c(CO)cc2S(=O)(=O)C1. The number of benzene rings is 2. The number of unbranched alkanes of at least 4 members (excludes halogenated alkanes) is 1. The van der Waals surface area contributed by atoms with E-state index < -0.39 is 9.84 Å². The van der Waals surface area contributed by atoms with E-state index in [0.29, 0.717) is 23.5 Å². The van der Waals surface area contributed by atoms with Crippen LogP contribution in [0.5, 0.6) is 5.75 Å². The number of aliphatic hydroxyl groups excluding tert-OH is 1. The summed E-state index contributed by atoms with van der Waals surface area (Å²) < 4.78 is 32.2. The minimum Gasteiger partial charge on any atom is -0.496 e. The number of rotatable bonds is 6. The summed E-state index contributed by atoms with van der Waals surface area (Å²) in [5, 5.41) is 9.70. The fraction of sp³-hybridized carbons (Fsp3) is 0.455. The van der Waals surface area contributed by atoms with Crippen LogP contribution in [-0.4, -0.2) is 32.9 Å². The smallest absolute Gasteiger partial charge is 0.181 e. The van der Waals surface area contributed by atoms with Gasteiger partial charge in [0, 0.05) is 23.9 Å². The second-order valence-corrected chi connectivity index (χ2v) is 9.84. The number of nitrogens with zero attached hydrogens (tertiary/aromatic N) is 1. The van der Waals surface area contributed by atoms with Crippen molar-refractivity contribution in [3.63, 3.8) is 0 Å². The molecule has 0 fully saturated rings. The van der Waals surface area contributed by atoms with Gasteiger partial charge < -0.3 is 14.7 Å². The van der Waals surface area contributed by atoms with Gasteiger partial charge in [-0.3, -0.25) is 0 Å². The van der Waals surface area contributed by atoms with Crippen molar-refractivity contribution < 1.29 is 18.3 Å². The molecule has 1 unspecified atom stereocenters. The molecule has 0 bridgehead atoms. The van der Waals surface area contributed by atoms with Gasteiger partial charge in [-0.1, -0.05) is 44.9 Å². The predicted octanol–water partition coefficient (Wildman–Crippen LogP) is 4.31. The number of anilines is 2. The second-order valence-electron chi connectivity index (χ2n) is 7.88. The van der Waals surface area contributed by atoms with Gasteiger partial charge in [0.25, 0.3) is 0 Å². The summed E-state index contributed by atoms with van der Waals surface area (Å²) in [5.74, 6) is 0.586. The standard InChI is InChI=1S/C22H29NO4S/c1-4-5-11-22(2)15-23(18-9-7-6-8-10-18)19-13-20(27-3)17(14-24)12-21(19)28(25,26)16-22/h6-10,12-13,24H,4-5,11,14-16H2,1-3H3. The van der Waals surface area contributed by atoms with Crippen molar-refractivity contribution in [3.8, 4) is 5.75 Å². The van der Waals surface area contributed by atoms with Crippen LogP contribution in [0.15, 0.2) is 47.4 Å². The average Bonchev–Trinajstić information content (AvgIpc) is 2.78. The Morgan fingerprint density at radius 1 is 1.21 bits per heavy atom. The van der Waals surface area contributed by atoms with E-state index in [2.05, 4.69) is 18.7 Å². The number of hydrogen-bond donors (Lipinski definition) is 1. The molecular weight excluding hydrogens is 374 g/mol. The van der Waals surface area contributed by atoms with Crippen molar-refractivity contribution in [3.05, 3.63) is 48.0 Å². The van der Waals surface area contributed by atoms with Gasteiger partial charge in [-0.25, -0.2) is 8.42 Å². The number of fused-ring (bicyclic) bond motifs is 1. The van der Waals surface area contributed by atoms with E-state index in [1.54, 1.807) is 12.1 Å². The molecule has 28 heavy (non-hydrogen) atoms. The maximum atomic E-state index is 13.4. The van der Waals surface area contributed by atoms with E-state index in [4.69, 9.17) is 4.74 Å². The highest BCUT2D eigenvalue weighted by molar-refractivity contribution is 7.91. The van der Waals surface area contributed by atoms with Gasteiger partial charge in [0.15, 0.2) is 9.84 Å². The van der Waals surface area contributed by atoms with Gasteiger partial charge >= 0.3 is 0 Å². The zero-order valence-electron chi connectivity index (χ0n) is 16.8. The van der Waals surface area contributed by atoms with Gasteiger partial charge in [-0.05, 0) is 30.0 Å². The Morgan fingerprint density at radius 2 is 1.93 bits per heavy atom. The zero-order chi connectivity index (χ0) is 20.4. The van der Waals surface area contributed by atoms with Crippen LogP contribution in [-0.2, 0) is 16.4 Å². The fourth-order valence-electron chi connectivity index (χ4n) is 4.01. The lowest BCUT2D eigenvalue weighted by Gasteiger charge is -2.34. The average molecular weight is 404 g/mol. The Kier molecular flexibility index (Phi) is 6.01. The lowest BCUT2D eigenvalue weighted by molar-refractivity contribution is 0.273. The topological polar surface area (TPSA) is 66.8 Å². The molecule has 6 heteroatoms. The fourth-order valence-corrected chi connectivity index (χ4v) is 6.13. The van der Waals surface area contributed by atoms with Crippen molar-refractivity contribution >= 4 is 21.2 Å². The van der Waals surface area contributed by atoms with Crippen molar-refractivity contribution in [1.29, 1.82) is 0 Å². The highest BCUT2D eigenvalue weighted by Crippen LogP contribution is 2.44. The molecule has 0 saturated heterocycles. The Labute approximate surface area is 167 Å². The molecule has 1 N–H and O–H groups in total. The van der Waals surface area contributed by atoms with E-state index in [9.17, 15) is 13.5 Å². The van der Waals surface area contributed by atoms with E-state index in [1.807, 2.05) is 30.3 Å². The quantitative estimate of drug-likeness (QED) is 0.778. The third kappa shape index (κ3) is 4.03. The van der Waals surface area contributed by atoms with Gasteiger partial charge in [0.1, 0.15) is 5.75 Å². The van der Waals surface area contributed by atoms with Crippen molar-refractivity contribution in [1.82, 2.24) is 0 Å². The van der Waals surface area contributed by atoms with Crippen LogP contribution in [0, 0.1) is 5.41 Å². The van der Waals surface area contributed by atoms with Crippen LogP contribution in [0.4, 0.5) is 11.4 Å². The highest BCUT2D eigenvalue weighted by atomic mass is 32.2. The Balaban J connectivity index is 2.24. The molecule has 3 rings (SSSR count). The maximum Gasteiger partial charge on any atom is 0.181 e. The van der Waals surface area contributed by atoms with Gasteiger partial charge in [0.2, 0.25) is 0 Å². The molecular formula is C22H29NO4S. The third-order valence-corrected chi connectivity index (χ3v) is 7.51. The largest absolute Gasteiger partial charge is 0.496 e. The predicted molar refractivity (Wildman–Crippen MR) is 112 cm³/mol. The summed E-state index contributed by atoms with van der Waals surface area (Å²) in [6.07, 6.45) is 2.84. The molecule has 5 nitrogen and oxygen atoms in total. The molecule has 0 spiro atoms. The number of aliphatic hydroxyl groups is 1. The van der Waals surface area contributed by atoms with Crippen molar-refractivity contribution in [2.24, 2.45) is 5.41 Å². The molecule has 0 radical (unpaired) electrons. The van der Waals surface area contributed by atoms with Crippen LogP contribution in [0.3, 0.4) is 0 Å². The number of ether oxygens (including phenoxy) is 1. The molecule has 2 aromatic rings. The van der Waals surface area contributed by atoms with Gasteiger partial charge in [-0.15, -0.1) is 0 Å². The number of sulfone groups is 1. The first kappa shape index (κ1) is 20.7. The summed E-state index contributed by atoms with van der Waals surface area (Å²) in [4.78, 5) is 2.35. The lowest BCUT2D eigenvalue weighted by Crippen LogP contribution is -2.35. The molecule has 0 saturated carbocycles. The number of hydrogen-bond acceptors (Lipinski definition) is 5. The van der Waals surface area contributed by atoms with Crippen LogP contribution >= 0.6 is 0 Å². The molecule has 2 aromatic carbocycles. The third-order valence-electron chi connectivity index (χ3n) is 5.44. The first-order valence-electron chi connectivity index (χ1n) is 9.70. The molecule has 1 atom stereocenters. The first-order valence-corrected chi connectivity index (χ1v) is 11.4. The van der Waals surface area contributed by atoms with Crippen molar-refractivity contribution in [2.45, 2.75) is 44.6 Å². The number of para-hydroxylation sites is 1. The van der Waals surface area contributed by atoms with Crippen LogP contribution in [0.2, 0.25) is 0 Å². The maximum absolute atomic E-state index is 13.4. The highest BCUT2D eigenvalue weighted by Gasteiger charge is 2.39. The molecule has 1 aliphatic rings. The molecule has 152 valence electrons. The van der Waals surface area contributed by atoms with E-state index in [0.717, 1.165) is 24.9 Å². The second kappa shape index (κ2) is 8.13. The molecule has 0 aliphatic carbocycles. The van der Waals surface area contributed by atoms with E-state index >= 15 is 0 Å². The normalized spacial score (nSPS) is 21.1. The summed E-state index contributed by atoms with van der Waals surface area (Å²) >= 11 is 0. The Morgan fingerprint density at radius 3 is 2.54 bits per heavy atom. The lowest BCUT2D eigenvalue weighted by atomic mass is 9.86.